The van der Waals surface area contributed by atoms with E-state index < -0.39 is 0 Å². The number of aromatic amines is 1. The molecule has 0 aliphatic rings. The molecule has 214 valence electrons. The van der Waals surface area contributed by atoms with Crippen molar-refractivity contribution in [3.63, 3.8) is 0 Å². The van der Waals surface area contributed by atoms with Gasteiger partial charge in [-0.1, -0.05) is 77.8 Å². The smallest absolute Gasteiger partial charge is 0.227 e. The number of fused-ring (bicyclic) bond motifs is 10. The number of benzene rings is 4. The van der Waals surface area contributed by atoms with Gasteiger partial charge >= 0.3 is 0 Å². The molecule has 0 saturated carbocycles. The molecular formula is C37H39N3O2. The highest BCUT2D eigenvalue weighted by Crippen LogP contribution is 2.45. The molecule has 0 amide bonds. The Kier molecular flexibility index (Phi) is 6.49. The van der Waals surface area contributed by atoms with E-state index in [1.54, 1.807) is 0 Å². The Morgan fingerprint density at radius 2 is 1.52 bits per heavy atom. The summed E-state index contributed by atoms with van der Waals surface area (Å²) in [6, 6.07) is 23.7. The number of hydrogen-bond acceptors (Lipinski definition) is 4. The molecule has 42 heavy (non-hydrogen) atoms. The van der Waals surface area contributed by atoms with Gasteiger partial charge in [0.05, 0.1) is 5.52 Å². The summed E-state index contributed by atoms with van der Waals surface area (Å²) in [5.41, 5.74) is 8.72. The van der Waals surface area contributed by atoms with Gasteiger partial charge in [0.15, 0.2) is 5.58 Å². The monoisotopic (exact) mass is 557 g/mol. The normalized spacial score (nSPS) is 12.5. The maximum atomic E-state index is 6.73. The molecule has 3 heterocycles. The first-order chi connectivity index (χ1) is 20.4. The van der Waals surface area contributed by atoms with Crippen LogP contribution in [0.25, 0.3) is 66.3 Å². The van der Waals surface area contributed by atoms with Gasteiger partial charge < -0.3 is 18.7 Å². The summed E-state index contributed by atoms with van der Waals surface area (Å²) in [5, 5.41) is 4.48. The summed E-state index contributed by atoms with van der Waals surface area (Å²) in [5.74, 6) is 0.601. The van der Waals surface area contributed by atoms with Crippen molar-refractivity contribution < 1.29 is 8.83 Å². The van der Waals surface area contributed by atoms with Crippen LogP contribution in [0.5, 0.6) is 0 Å². The first-order valence-electron chi connectivity index (χ1n) is 15.4. The van der Waals surface area contributed by atoms with Gasteiger partial charge in [0.2, 0.25) is 11.5 Å². The third kappa shape index (κ3) is 4.34. The molecule has 0 aliphatic carbocycles. The Bertz CT molecular complexity index is 2040. The van der Waals surface area contributed by atoms with Crippen molar-refractivity contribution in [2.45, 2.75) is 65.7 Å². The van der Waals surface area contributed by atoms with Gasteiger partial charge in [-0.3, -0.25) is 0 Å². The van der Waals surface area contributed by atoms with Crippen LogP contribution in [-0.4, -0.2) is 23.1 Å². The predicted molar refractivity (Wildman–Crippen MR) is 177 cm³/mol. The molecule has 7 rings (SSSR count). The molecule has 0 bridgehead atoms. The summed E-state index contributed by atoms with van der Waals surface area (Å²) >= 11 is 0. The lowest BCUT2D eigenvalue weighted by molar-refractivity contribution is 0.589. The molecule has 7 aromatic rings. The maximum Gasteiger partial charge on any atom is 0.227 e. The van der Waals surface area contributed by atoms with Crippen molar-refractivity contribution in [3.8, 4) is 11.5 Å². The van der Waals surface area contributed by atoms with Crippen LogP contribution in [0.1, 0.15) is 65.9 Å². The third-order valence-corrected chi connectivity index (χ3v) is 8.63. The molecular weight excluding hydrogens is 518 g/mol. The predicted octanol–water partition coefficient (Wildman–Crippen LogP) is 10.7. The minimum Gasteiger partial charge on any atom is -0.452 e. The van der Waals surface area contributed by atoms with E-state index in [4.69, 9.17) is 13.8 Å². The zero-order valence-electron chi connectivity index (χ0n) is 25.3. The van der Waals surface area contributed by atoms with E-state index in [9.17, 15) is 0 Å². The lowest BCUT2D eigenvalue weighted by Gasteiger charge is -2.24. The zero-order valence-corrected chi connectivity index (χ0v) is 25.3. The van der Waals surface area contributed by atoms with Gasteiger partial charge in [-0.25, -0.2) is 4.98 Å². The van der Waals surface area contributed by atoms with Crippen LogP contribution in [0.4, 0.5) is 5.69 Å². The van der Waals surface area contributed by atoms with Crippen LogP contribution in [0.3, 0.4) is 0 Å². The fourth-order valence-corrected chi connectivity index (χ4v) is 6.22. The van der Waals surface area contributed by atoms with Gasteiger partial charge in [-0.15, -0.1) is 0 Å². The van der Waals surface area contributed by atoms with E-state index in [-0.39, 0.29) is 5.41 Å². The van der Waals surface area contributed by atoms with Crippen LogP contribution >= 0.6 is 0 Å². The highest BCUT2D eigenvalue weighted by Gasteiger charge is 2.24. The number of oxazole rings is 1. The number of unbranched alkanes of at least 4 members (excludes halogenated alkanes) is 2. The van der Waals surface area contributed by atoms with E-state index in [1.807, 2.05) is 0 Å². The van der Waals surface area contributed by atoms with Crippen LogP contribution < -0.4 is 4.90 Å². The van der Waals surface area contributed by atoms with Gasteiger partial charge in [-0.2, -0.15) is 0 Å². The van der Waals surface area contributed by atoms with Crippen molar-refractivity contribution in [1.29, 1.82) is 0 Å². The topological polar surface area (TPSA) is 58.2 Å². The second-order valence-electron chi connectivity index (χ2n) is 12.6. The fraction of sp³-hybridized carbons (Fsp3) is 0.324. The van der Waals surface area contributed by atoms with Crippen molar-refractivity contribution in [2.75, 3.05) is 18.0 Å². The van der Waals surface area contributed by atoms with E-state index in [0.29, 0.717) is 11.5 Å². The van der Waals surface area contributed by atoms with Gasteiger partial charge in [-0.05, 0) is 54.2 Å². The Balaban J connectivity index is 1.48. The first kappa shape index (κ1) is 26.6. The summed E-state index contributed by atoms with van der Waals surface area (Å²) in [6.07, 6.45) is 4.71. The Morgan fingerprint density at radius 3 is 2.24 bits per heavy atom. The maximum absolute atomic E-state index is 6.73. The molecule has 0 spiro atoms. The Morgan fingerprint density at radius 1 is 0.786 bits per heavy atom. The highest BCUT2D eigenvalue weighted by molar-refractivity contribution is 6.34. The molecule has 0 unspecified atom stereocenters. The van der Waals surface area contributed by atoms with Gasteiger partial charge in [0, 0.05) is 57.5 Å². The van der Waals surface area contributed by atoms with Gasteiger partial charge in [0.1, 0.15) is 11.1 Å². The molecule has 0 fully saturated rings. The molecule has 5 nitrogen and oxygen atoms in total. The summed E-state index contributed by atoms with van der Waals surface area (Å²) in [6.45, 7) is 13.3. The van der Waals surface area contributed by atoms with Crippen molar-refractivity contribution in [1.82, 2.24) is 9.97 Å². The van der Waals surface area contributed by atoms with Crippen LogP contribution in [0, 0.1) is 0 Å². The highest BCUT2D eigenvalue weighted by atomic mass is 16.4. The van der Waals surface area contributed by atoms with Crippen LogP contribution in [0.2, 0.25) is 0 Å². The van der Waals surface area contributed by atoms with E-state index in [1.165, 1.54) is 36.9 Å². The number of para-hydroxylation sites is 1. The van der Waals surface area contributed by atoms with Crippen molar-refractivity contribution in [2.24, 2.45) is 0 Å². The average Bonchev–Trinajstić information content (AvgIpc) is 3.70. The summed E-state index contributed by atoms with van der Waals surface area (Å²) in [7, 11) is 0. The largest absolute Gasteiger partial charge is 0.452 e. The number of aromatic nitrogens is 2. The van der Waals surface area contributed by atoms with Crippen LogP contribution in [0.15, 0.2) is 75.6 Å². The standard InChI is InChI=1S/C37H39N3O2/c1-6-8-20-40(21-9-7-2)25-18-19-27-29(22-25)41-34-31(27)30-26-12-10-11-13-28(26)38-32(30)33-35(34)42-36(39-33)23-14-16-24(17-15-23)37(3,4)5/h10-19,22,38H,6-9,20-21H2,1-5H3. The van der Waals surface area contributed by atoms with E-state index in [2.05, 4.69) is 111 Å². The molecule has 5 heteroatoms. The van der Waals surface area contributed by atoms with Gasteiger partial charge in [0.25, 0.3) is 0 Å². The van der Waals surface area contributed by atoms with E-state index in [0.717, 1.165) is 67.9 Å². The molecule has 0 aliphatic heterocycles. The SMILES string of the molecule is CCCCN(CCCC)c1ccc2c(c1)oc1c3oc(-c4ccc(C(C)(C)C)cc4)nc3c3[nH]c4ccccc4c3c21. The lowest BCUT2D eigenvalue weighted by Crippen LogP contribution is -2.25. The number of furan rings is 1. The number of nitrogens with one attached hydrogen (secondary N) is 1. The first-order valence-corrected chi connectivity index (χ1v) is 15.4. The second kappa shape index (κ2) is 10.2. The lowest BCUT2D eigenvalue weighted by atomic mass is 9.87. The van der Waals surface area contributed by atoms with Crippen molar-refractivity contribution in [3.05, 3.63) is 72.3 Å². The minimum absolute atomic E-state index is 0.0817. The van der Waals surface area contributed by atoms with E-state index >= 15 is 0 Å². The minimum atomic E-state index is 0.0817. The Hall–Kier alpha value is -4.25. The van der Waals surface area contributed by atoms with Crippen LogP contribution in [-0.2, 0) is 5.41 Å². The molecule has 0 atom stereocenters. The second-order valence-corrected chi connectivity index (χ2v) is 12.6. The number of hydrogen-bond donors (Lipinski definition) is 1. The molecule has 3 aromatic heterocycles. The number of nitrogens with zero attached hydrogens (tertiary/aromatic N) is 2. The molecule has 4 aromatic carbocycles. The molecule has 0 saturated heterocycles. The Labute approximate surface area is 246 Å². The summed E-state index contributed by atoms with van der Waals surface area (Å²) < 4.78 is 13.3. The third-order valence-electron chi connectivity index (χ3n) is 8.63. The fourth-order valence-electron chi connectivity index (χ4n) is 6.22. The number of anilines is 1. The zero-order chi connectivity index (χ0) is 29.0. The number of H-pyrrole nitrogens is 1. The number of rotatable bonds is 8. The quantitative estimate of drug-likeness (QED) is 0.202. The summed E-state index contributed by atoms with van der Waals surface area (Å²) in [4.78, 5) is 11.2. The van der Waals surface area contributed by atoms with Crippen molar-refractivity contribution >= 4 is 60.5 Å². The molecule has 1 N–H and O–H groups in total. The average molecular weight is 558 g/mol. The molecule has 0 radical (unpaired) electrons.